The molecule has 0 saturated carbocycles. The van der Waals surface area contributed by atoms with Gasteiger partial charge in [-0.05, 0) is 66.3 Å². The van der Waals surface area contributed by atoms with Gasteiger partial charge in [0, 0.05) is 11.6 Å². The molecule has 3 atom stereocenters. The van der Waals surface area contributed by atoms with Gasteiger partial charge in [0.2, 0.25) is 0 Å². The Hall–Kier alpha value is -3.25. The maximum absolute atomic E-state index is 13.2. The molecule has 0 unspecified atom stereocenters. The van der Waals surface area contributed by atoms with Gasteiger partial charge >= 0.3 is 0 Å². The van der Waals surface area contributed by atoms with E-state index in [1.54, 1.807) is 18.2 Å². The summed E-state index contributed by atoms with van der Waals surface area (Å²) in [6.07, 6.45) is 5.39. The zero-order chi connectivity index (χ0) is 22.3. The van der Waals surface area contributed by atoms with Crippen LogP contribution in [0.5, 0.6) is 5.75 Å². The normalized spacial score (nSPS) is 21.4. The van der Waals surface area contributed by atoms with E-state index >= 15 is 0 Å². The van der Waals surface area contributed by atoms with E-state index in [9.17, 15) is 8.42 Å². The first-order chi connectivity index (χ1) is 15.5. The van der Waals surface area contributed by atoms with E-state index in [1.807, 2.05) is 31.2 Å². The second kappa shape index (κ2) is 8.02. The number of rotatable bonds is 5. The Bertz CT molecular complexity index is 1290. The Balaban J connectivity index is 1.50. The highest BCUT2D eigenvalue weighted by atomic mass is 32.2. The number of methoxy groups -OCH3 is 1. The molecule has 5 nitrogen and oxygen atoms in total. The van der Waals surface area contributed by atoms with E-state index in [-0.39, 0.29) is 16.9 Å². The first kappa shape index (κ1) is 20.6. The molecule has 0 radical (unpaired) electrons. The summed E-state index contributed by atoms with van der Waals surface area (Å²) in [6, 6.07) is 21.4. The van der Waals surface area contributed by atoms with Crippen LogP contribution in [0.15, 0.2) is 83.8 Å². The zero-order valence-electron chi connectivity index (χ0n) is 18.1. The van der Waals surface area contributed by atoms with Crippen LogP contribution in [-0.4, -0.2) is 15.5 Å². The fourth-order valence-electron chi connectivity index (χ4n) is 4.84. The molecule has 2 N–H and O–H groups in total. The molecule has 1 aliphatic heterocycles. The van der Waals surface area contributed by atoms with Crippen LogP contribution < -0.4 is 14.8 Å². The van der Waals surface area contributed by atoms with Gasteiger partial charge in [0.1, 0.15) is 5.75 Å². The van der Waals surface area contributed by atoms with Crippen molar-refractivity contribution in [2.45, 2.75) is 30.2 Å². The van der Waals surface area contributed by atoms with Gasteiger partial charge in [-0.25, -0.2) is 8.42 Å². The Morgan fingerprint density at radius 1 is 1.03 bits per heavy atom. The van der Waals surface area contributed by atoms with Crippen LogP contribution in [0.3, 0.4) is 0 Å². The van der Waals surface area contributed by atoms with Crippen LogP contribution in [0, 0.1) is 12.8 Å². The highest BCUT2D eigenvalue weighted by molar-refractivity contribution is 7.92. The Labute approximate surface area is 189 Å². The summed E-state index contributed by atoms with van der Waals surface area (Å²) < 4.78 is 34.5. The summed E-state index contributed by atoms with van der Waals surface area (Å²) in [6.45, 7) is 1.91. The SMILES string of the molecule is COc1ccc(C)cc1NS(=O)(=O)c1ccc2c(c1)[C@H]1C=CC[C@H]1[C@@H](c1ccccc1)N2. The van der Waals surface area contributed by atoms with Crippen molar-refractivity contribution in [1.82, 2.24) is 0 Å². The van der Waals surface area contributed by atoms with Crippen LogP contribution in [0.25, 0.3) is 0 Å². The van der Waals surface area contributed by atoms with Crippen molar-refractivity contribution in [3.8, 4) is 5.75 Å². The van der Waals surface area contributed by atoms with E-state index in [0.29, 0.717) is 17.4 Å². The van der Waals surface area contributed by atoms with Crippen LogP contribution >= 0.6 is 0 Å². The molecule has 0 aromatic heterocycles. The number of anilines is 2. The third-order valence-corrected chi connectivity index (χ3v) is 7.77. The van der Waals surface area contributed by atoms with Crippen molar-refractivity contribution in [1.29, 1.82) is 0 Å². The predicted octanol–water partition coefficient (Wildman–Crippen LogP) is 5.63. The van der Waals surface area contributed by atoms with E-state index in [4.69, 9.17) is 4.74 Å². The van der Waals surface area contributed by atoms with Gasteiger partial charge in [0.15, 0.2) is 0 Å². The van der Waals surface area contributed by atoms with Gasteiger partial charge in [-0.1, -0.05) is 48.6 Å². The van der Waals surface area contributed by atoms with Crippen molar-refractivity contribution < 1.29 is 13.2 Å². The van der Waals surface area contributed by atoms with Crippen molar-refractivity contribution in [2.75, 3.05) is 17.1 Å². The minimum atomic E-state index is -3.77. The number of hydrogen-bond acceptors (Lipinski definition) is 4. The highest BCUT2D eigenvalue weighted by Gasteiger charge is 2.38. The van der Waals surface area contributed by atoms with Crippen LogP contribution in [0.4, 0.5) is 11.4 Å². The molecule has 1 aliphatic carbocycles. The molecule has 0 spiro atoms. The van der Waals surface area contributed by atoms with E-state index in [0.717, 1.165) is 23.2 Å². The average Bonchev–Trinajstić information content (AvgIpc) is 3.29. The van der Waals surface area contributed by atoms with E-state index in [1.165, 1.54) is 12.7 Å². The third-order valence-electron chi connectivity index (χ3n) is 6.40. The number of benzene rings is 3. The lowest BCUT2D eigenvalue weighted by molar-refractivity contribution is 0.417. The molecule has 5 rings (SSSR count). The molecule has 164 valence electrons. The summed E-state index contributed by atoms with van der Waals surface area (Å²) in [5.41, 5.74) is 4.64. The maximum atomic E-state index is 13.2. The number of sulfonamides is 1. The molecule has 0 amide bonds. The smallest absolute Gasteiger partial charge is 0.262 e. The standard InChI is InChI=1S/C26H26N2O3S/c1-17-11-14-25(31-2)24(15-17)28-32(29,30)19-12-13-23-22(16-19)20-9-6-10-21(20)26(27-23)18-7-4-3-5-8-18/h3-9,11-16,20-21,26-28H,10H2,1-2H3/t20-,21+,26+/m0/s1. The third kappa shape index (κ3) is 3.65. The summed E-state index contributed by atoms with van der Waals surface area (Å²) in [5.74, 6) is 1.02. The molecule has 3 aromatic carbocycles. The number of nitrogens with one attached hydrogen (secondary N) is 2. The molecule has 0 fully saturated rings. The molecule has 0 bridgehead atoms. The zero-order valence-corrected chi connectivity index (χ0v) is 18.9. The topological polar surface area (TPSA) is 67.4 Å². The largest absolute Gasteiger partial charge is 0.495 e. The summed E-state index contributed by atoms with van der Waals surface area (Å²) >= 11 is 0. The number of hydrogen-bond donors (Lipinski definition) is 2. The van der Waals surface area contributed by atoms with Gasteiger partial charge in [-0.15, -0.1) is 0 Å². The first-order valence-electron chi connectivity index (χ1n) is 10.8. The van der Waals surface area contributed by atoms with E-state index < -0.39 is 10.0 Å². The lowest BCUT2D eigenvalue weighted by Gasteiger charge is -2.37. The summed E-state index contributed by atoms with van der Waals surface area (Å²) in [4.78, 5) is 0.249. The van der Waals surface area contributed by atoms with Crippen LogP contribution in [0.1, 0.15) is 35.1 Å². The molecular formula is C26H26N2O3S. The summed E-state index contributed by atoms with van der Waals surface area (Å²) in [7, 11) is -2.24. The molecular weight excluding hydrogens is 420 g/mol. The maximum Gasteiger partial charge on any atom is 0.262 e. The Morgan fingerprint density at radius 3 is 2.62 bits per heavy atom. The molecule has 32 heavy (non-hydrogen) atoms. The fraction of sp³-hybridized carbons (Fsp3) is 0.231. The van der Waals surface area contributed by atoms with Gasteiger partial charge in [-0.3, -0.25) is 4.72 Å². The monoisotopic (exact) mass is 446 g/mol. The molecule has 3 aromatic rings. The number of allylic oxidation sites excluding steroid dienone is 2. The minimum absolute atomic E-state index is 0.181. The van der Waals surface area contributed by atoms with Gasteiger partial charge < -0.3 is 10.1 Å². The lowest BCUT2D eigenvalue weighted by Crippen LogP contribution is -2.29. The lowest BCUT2D eigenvalue weighted by atomic mass is 9.77. The Kier molecular flexibility index (Phi) is 5.18. The van der Waals surface area contributed by atoms with E-state index in [2.05, 4.69) is 46.5 Å². The van der Waals surface area contributed by atoms with Gasteiger partial charge in [-0.2, -0.15) is 0 Å². The minimum Gasteiger partial charge on any atom is -0.495 e. The molecule has 2 aliphatic rings. The highest BCUT2D eigenvalue weighted by Crippen LogP contribution is 2.50. The second-order valence-electron chi connectivity index (χ2n) is 8.44. The van der Waals surface area contributed by atoms with Crippen LogP contribution in [0.2, 0.25) is 0 Å². The number of fused-ring (bicyclic) bond motifs is 3. The number of aryl methyl sites for hydroxylation is 1. The average molecular weight is 447 g/mol. The summed E-state index contributed by atoms with van der Waals surface area (Å²) in [5, 5.41) is 3.66. The fourth-order valence-corrected chi connectivity index (χ4v) is 5.93. The van der Waals surface area contributed by atoms with Crippen LogP contribution in [-0.2, 0) is 10.0 Å². The van der Waals surface area contributed by atoms with Crippen molar-refractivity contribution in [3.05, 3.63) is 95.6 Å². The first-order valence-corrected chi connectivity index (χ1v) is 12.2. The molecule has 6 heteroatoms. The van der Waals surface area contributed by atoms with Gasteiger partial charge in [0.05, 0.1) is 23.7 Å². The molecule has 0 saturated heterocycles. The number of ether oxygens (including phenoxy) is 1. The predicted molar refractivity (Wildman–Crippen MR) is 128 cm³/mol. The quantitative estimate of drug-likeness (QED) is 0.499. The molecule has 1 heterocycles. The van der Waals surface area contributed by atoms with Gasteiger partial charge in [0.25, 0.3) is 10.0 Å². The van der Waals surface area contributed by atoms with Crippen molar-refractivity contribution in [2.24, 2.45) is 5.92 Å². The Morgan fingerprint density at radius 2 is 1.84 bits per heavy atom. The van der Waals surface area contributed by atoms with Crippen molar-refractivity contribution in [3.63, 3.8) is 0 Å². The second-order valence-corrected chi connectivity index (χ2v) is 10.1. The van der Waals surface area contributed by atoms with Crippen molar-refractivity contribution >= 4 is 21.4 Å².